The molecule has 0 aromatic carbocycles. The molecule has 0 spiro atoms. The van der Waals surface area contributed by atoms with Gasteiger partial charge in [-0.15, -0.1) is 6.58 Å². The Morgan fingerprint density at radius 1 is 1.70 bits per heavy atom. The molecule has 3 nitrogen and oxygen atoms in total. The van der Waals surface area contributed by atoms with Gasteiger partial charge >= 0.3 is 0 Å². The van der Waals surface area contributed by atoms with Gasteiger partial charge in [0.25, 0.3) is 0 Å². The van der Waals surface area contributed by atoms with Crippen LogP contribution in [0.3, 0.4) is 0 Å². The van der Waals surface area contributed by atoms with E-state index in [1.54, 1.807) is 0 Å². The Bertz CT molecular complexity index is 230. The van der Waals surface area contributed by atoms with Crippen LogP contribution >= 0.6 is 12.2 Å². The van der Waals surface area contributed by atoms with Gasteiger partial charge in [0.15, 0.2) is 9.84 Å². The van der Waals surface area contributed by atoms with E-state index < -0.39 is 9.84 Å². The van der Waals surface area contributed by atoms with E-state index in [2.05, 4.69) is 18.8 Å². The lowest BCUT2D eigenvalue weighted by molar-refractivity contribution is 0.603. The summed E-state index contributed by atoms with van der Waals surface area (Å²) in [6.07, 6.45) is 1.31. The van der Waals surface area contributed by atoms with Gasteiger partial charge in [-0.25, -0.2) is 8.42 Å². The van der Waals surface area contributed by atoms with E-state index in [9.17, 15) is 8.42 Å². The second kappa shape index (κ2) is 3.68. The molecule has 0 rings (SSSR count). The molecule has 10 heavy (non-hydrogen) atoms. The van der Waals surface area contributed by atoms with Gasteiger partial charge in [0.2, 0.25) is 0 Å². The number of nitrogens with two attached hydrogens (primary N) is 1. The van der Waals surface area contributed by atoms with Crippen molar-refractivity contribution in [1.82, 2.24) is 0 Å². The second-order valence-electron chi connectivity index (χ2n) is 1.81. The Kier molecular flexibility index (Phi) is 3.52. The average molecular weight is 179 g/mol. The maximum atomic E-state index is 10.8. The molecule has 0 heterocycles. The van der Waals surface area contributed by atoms with Crippen LogP contribution in [0.15, 0.2) is 12.7 Å². The molecule has 0 amide bonds. The highest BCUT2D eigenvalue weighted by molar-refractivity contribution is 7.94. The van der Waals surface area contributed by atoms with Gasteiger partial charge in [-0.05, 0) is 0 Å². The van der Waals surface area contributed by atoms with E-state index in [0.717, 1.165) is 0 Å². The maximum absolute atomic E-state index is 10.8. The first kappa shape index (κ1) is 9.58. The van der Waals surface area contributed by atoms with Gasteiger partial charge in [-0.1, -0.05) is 18.3 Å². The first-order valence-corrected chi connectivity index (χ1v) is 4.80. The van der Waals surface area contributed by atoms with Crippen molar-refractivity contribution < 1.29 is 8.42 Å². The Morgan fingerprint density at radius 3 is 2.50 bits per heavy atom. The van der Waals surface area contributed by atoms with Crippen LogP contribution < -0.4 is 5.73 Å². The zero-order chi connectivity index (χ0) is 8.20. The van der Waals surface area contributed by atoms with Gasteiger partial charge < -0.3 is 5.73 Å². The Morgan fingerprint density at radius 2 is 2.20 bits per heavy atom. The van der Waals surface area contributed by atoms with Crippen molar-refractivity contribution in [3.05, 3.63) is 12.7 Å². The van der Waals surface area contributed by atoms with Crippen molar-refractivity contribution in [2.24, 2.45) is 5.73 Å². The monoisotopic (exact) mass is 179 g/mol. The summed E-state index contributed by atoms with van der Waals surface area (Å²) < 4.78 is 21.6. The molecule has 0 atom stereocenters. The molecule has 0 aromatic heterocycles. The first-order valence-electron chi connectivity index (χ1n) is 2.57. The van der Waals surface area contributed by atoms with Crippen LogP contribution in [0.1, 0.15) is 0 Å². The summed E-state index contributed by atoms with van der Waals surface area (Å²) in [6, 6.07) is 0. The van der Waals surface area contributed by atoms with Crippen LogP contribution in [0, 0.1) is 0 Å². The largest absolute Gasteiger partial charge is 0.392 e. The highest BCUT2D eigenvalue weighted by Gasteiger charge is 2.08. The normalized spacial score (nSPS) is 10.8. The van der Waals surface area contributed by atoms with Crippen LogP contribution in [0.25, 0.3) is 0 Å². The number of sulfone groups is 1. The molecule has 5 heteroatoms. The lowest BCUT2D eigenvalue weighted by atomic mass is 10.8. The van der Waals surface area contributed by atoms with Crippen LogP contribution in [-0.4, -0.2) is 24.9 Å². The Hall–Kier alpha value is -0.420. The van der Waals surface area contributed by atoms with E-state index in [1.807, 2.05) is 0 Å². The molecule has 0 aliphatic rings. The fraction of sp³-hybridized carbons (Fsp3) is 0.400. The second-order valence-corrected chi connectivity index (χ2v) is 4.44. The fourth-order valence-electron chi connectivity index (χ4n) is 0.455. The predicted octanol–water partition coefficient (Wildman–Crippen LogP) is -0.127. The van der Waals surface area contributed by atoms with Gasteiger partial charge in [0, 0.05) is 0 Å². The molecule has 0 saturated heterocycles. The predicted molar refractivity (Wildman–Crippen MR) is 45.6 cm³/mol. The standard InChI is InChI=1S/C5H9NO2S2/c1-2-3-10(7,8)4-5(6)9/h2H,1,3-4H2,(H2,6,9). The third kappa shape index (κ3) is 4.46. The lowest BCUT2D eigenvalue weighted by Gasteiger charge is -1.96. The number of hydrogen-bond donors (Lipinski definition) is 1. The van der Waals surface area contributed by atoms with E-state index in [1.165, 1.54) is 6.08 Å². The van der Waals surface area contributed by atoms with Gasteiger partial charge in [-0.3, -0.25) is 0 Å². The van der Waals surface area contributed by atoms with E-state index in [-0.39, 0.29) is 16.5 Å². The topological polar surface area (TPSA) is 60.2 Å². The quantitative estimate of drug-likeness (QED) is 0.482. The summed E-state index contributed by atoms with van der Waals surface area (Å²) in [7, 11) is -3.12. The van der Waals surface area contributed by atoms with E-state index in [0.29, 0.717) is 0 Å². The molecule has 0 saturated carbocycles. The molecular formula is C5H9NO2S2. The smallest absolute Gasteiger partial charge is 0.160 e. The zero-order valence-electron chi connectivity index (χ0n) is 5.41. The molecule has 0 aromatic rings. The Labute approximate surface area is 65.8 Å². The average Bonchev–Trinajstić information content (AvgIpc) is 1.59. The summed E-state index contributed by atoms with van der Waals surface area (Å²) in [6.45, 7) is 3.29. The van der Waals surface area contributed by atoms with Crippen LogP contribution in [-0.2, 0) is 9.84 Å². The highest BCUT2D eigenvalue weighted by Crippen LogP contribution is 1.89. The molecule has 0 bridgehead atoms. The zero-order valence-corrected chi connectivity index (χ0v) is 7.04. The SMILES string of the molecule is C=CCS(=O)(=O)CC(N)=S. The summed E-state index contributed by atoms with van der Waals surface area (Å²) in [5.74, 6) is -0.293. The number of hydrogen-bond acceptors (Lipinski definition) is 3. The van der Waals surface area contributed by atoms with Crippen LogP contribution in [0.4, 0.5) is 0 Å². The highest BCUT2D eigenvalue weighted by atomic mass is 32.2. The maximum Gasteiger partial charge on any atom is 0.160 e. The van der Waals surface area contributed by atoms with Gasteiger partial charge in [0.1, 0.15) is 5.75 Å². The van der Waals surface area contributed by atoms with Gasteiger partial charge in [0.05, 0.1) is 10.7 Å². The number of thiocarbonyl (C=S) groups is 1. The summed E-state index contributed by atoms with van der Waals surface area (Å²) in [4.78, 5) is 0.00171. The van der Waals surface area contributed by atoms with Crippen molar-refractivity contribution in [2.45, 2.75) is 0 Å². The molecule has 2 N–H and O–H groups in total. The summed E-state index contributed by atoms with van der Waals surface area (Å²) in [5, 5.41) is 0. The first-order chi connectivity index (χ1) is 4.48. The fourth-order valence-corrected chi connectivity index (χ4v) is 1.90. The summed E-state index contributed by atoms with van der Waals surface area (Å²) >= 11 is 4.42. The van der Waals surface area contributed by atoms with Crippen LogP contribution in [0.2, 0.25) is 0 Å². The van der Waals surface area contributed by atoms with Crippen molar-refractivity contribution in [1.29, 1.82) is 0 Å². The molecule has 0 unspecified atom stereocenters. The minimum absolute atomic E-state index is 0.00171. The van der Waals surface area contributed by atoms with Crippen molar-refractivity contribution in [3.63, 3.8) is 0 Å². The minimum atomic E-state index is -3.12. The molecule has 0 fully saturated rings. The third-order valence-corrected chi connectivity index (χ3v) is 2.56. The molecule has 0 aliphatic carbocycles. The molecular weight excluding hydrogens is 170 g/mol. The van der Waals surface area contributed by atoms with E-state index in [4.69, 9.17) is 5.73 Å². The number of rotatable bonds is 4. The molecule has 58 valence electrons. The van der Waals surface area contributed by atoms with Crippen molar-refractivity contribution in [2.75, 3.05) is 11.5 Å². The van der Waals surface area contributed by atoms with Crippen LogP contribution in [0.5, 0.6) is 0 Å². The third-order valence-electron chi connectivity index (χ3n) is 0.734. The lowest BCUT2D eigenvalue weighted by Crippen LogP contribution is -2.22. The van der Waals surface area contributed by atoms with Crippen molar-refractivity contribution >= 4 is 27.0 Å². The van der Waals surface area contributed by atoms with Crippen molar-refractivity contribution in [3.8, 4) is 0 Å². The summed E-state index contributed by atoms with van der Waals surface area (Å²) in [5.41, 5.74) is 5.03. The van der Waals surface area contributed by atoms with Gasteiger partial charge in [-0.2, -0.15) is 0 Å². The molecule has 0 radical (unpaired) electrons. The minimum Gasteiger partial charge on any atom is -0.392 e. The Balaban J connectivity index is 4.14. The van der Waals surface area contributed by atoms with E-state index >= 15 is 0 Å². The molecule has 0 aliphatic heterocycles.